The number of aromatic nitrogens is 3. The summed E-state index contributed by atoms with van der Waals surface area (Å²) < 4.78 is 33.9. The van der Waals surface area contributed by atoms with Crippen LogP contribution in [-0.4, -0.2) is 66.2 Å². The summed E-state index contributed by atoms with van der Waals surface area (Å²) in [6.45, 7) is 1.74. The minimum Gasteiger partial charge on any atom is -0.434 e. The average molecular weight is 569 g/mol. The van der Waals surface area contributed by atoms with Crippen LogP contribution in [0, 0.1) is 0 Å². The third kappa shape index (κ3) is 6.57. The molecule has 2 heterocycles. The topological polar surface area (TPSA) is 75.5 Å². The molecule has 210 valence electrons. The van der Waals surface area contributed by atoms with Crippen LogP contribution in [0.1, 0.15) is 11.4 Å². The number of alkyl halides is 2. The Morgan fingerprint density at radius 3 is 2.67 bits per heavy atom. The second kappa shape index (κ2) is 12.4. The molecule has 0 saturated heterocycles. The monoisotopic (exact) mass is 568 g/mol. The first-order valence-corrected chi connectivity index (χ1v) is 12.9. The molecule has 1 amide bonds. The molecule has 4 rings (SSSR count). The predicted octanol–water partition coefficient (Wildman–Crippen LogP) is 5.60. The molecule has 40 heavy (non-hydrogen) atoms. The molecular formula is C29H31ClF2N6O2. The molecule has 0 unspecified atom stereocenters. The molecule has 0 fully saturated rings. The van der Waals surface area contributed by atoms with Gasteiger partial charge < -0.3 is 24.4 Å². The summed E-state index contributed by atoms with van der Waals surface area (Å²) in [6, 6.07) is 11.0. The lowest BCUT2D eigenvalue weighted by molar-refractivity contribution is -0.111. The highest BCUT2D eigenvalue weighted by Gasteiger charge is 2.20. The number of nitrogens with one attached hydrogen (secondary N) is 1. The fraction of sp³-hybridized carbons (Fsp3) is 0.276. The largest absolute Gasteiger partial charge is 0.434 e. The van der Waals surface area contributed by atoms with E-state index in [-0.39, 0.29) is 12.2 Å². The number of nitrogens with zero attached hydrogens (tertiary/aromatic N) is 5. The van der Waals surface area contributed by atoms with Gasteiger partial charge in [0.2, 0.25) is 5.91 Å². The lowest BCUT2D eigenvalue weighted by atomic mass is 10.1. The Kier molecular flexibility index (Phi) is 9.01. The SMILES string of the molecule is C=CC(=O)Nc1cc(Cc2ncc(Cl)c(-c3cn(C)c4ccccc34)n2)c(OC(F)F)cc1N(C)CCN(C)C. The Hall–Kier alpha value is -4.02. The Bertz CT molecular complexity index is 1540. The van der Waals surface area contributed by atoms with E-state index in [1.54, 1.807) is 6.07 Å². The number of para-hydroxylation sites is 1. The minimum absolute atomic E-state index is 0.0384. The van der Waals surface area contributed by atoms with E-state index in [1.807, 2.05) is 73.0 Å². The van der Waals surface area contributed by atoms with Crippen LogP contribution in [-0.2, 0) is 18.3 Å². The standard InChI is InChI=1S/C29H31ClF2N6O2/c1-6-27(39)34-22-13-18(25(40-29(31)32)15-24(22)37(4)12-11-36(2)3)14-26-33-16-21(30)28(35-26)20-17-38(5)23-10-8-7-9-19(20)23/h6-10,13,15-17,29H,1,11-12,14H2,2-5H3,(H,34,39). The maximum Gasteiger partial charge on any atom is 0.387 e. The summed E-state index contributed by atoms with van der Waals surface area (Å²) >= 11 is 6.53. The number of amides is 1. The van der Waals surface area contributed by atoms with E-state index >= 15 is 0 Å². The molecule has 0 spiro atoms. The molecule has 8 nitrogen and oxygen atoms in total. The van der Waals surface area contributed by atoms with E-state index in [0.717, 1.165) is 22.5 Å². The van der Waals surface area contributed by atoms with Crippen molar-refractivity contribution in [3.8, 4) is 17.0 Å². The molecule has 0 saturated carbocycles. The highest BCUT2D eigenvalue weighted by Crippen LogP contribution is 2.37. The van der Waals surface area contributed by atoms with E-state index in [4.69, 9.17) is 21.3 Å². The number of anilines is 2. The first-order chi connectivity index (χ1) is 19.1. The van der Waals surface area contributed by atoms with E-state index < -0.39 is 12.5 Å². The molecule has 0 atom stereocenters. The van der Waals surface area contributed by atoms with Crippen molar-refractivity contribution >= 4 is 39.8 Å². The van der Waals surface area contributed by atoms with Crippen molar-refractivity contribution in [2.45, 2.75) is 13.0 Å². The highest BCUT2D eigenvalue weighted by molar-refractivity contribution is 6.33. The van der Waals surface area contributed by atoms with Crippen LogP contribution in [0.3, 0.4) is 0 Å². The number of likely N-dealkylation sites (N-methyl/N-ethyl adjacent to an activating group) is 2. The first kappa shape index (κ1) is 29.0. The van der Waals surface area contributed by atoms with Crippen molar-refractivity contribution in [2.75, 3.05) is 44.4 Å². The van der Waals surface area contributed by atoms with Crippen LogP contribution in [0.15, 0.2) is 61.4 Å². The van der Waals surface area contributed by atoms with Gasteiger partial charge >= 0.3 is 6.61 Å². The van der Waals surface area contributed by atoms with Crippen LogP contribution >= 0.6 is 11.6 Å². The lowest BCUT2D eigenvalue weighted by Gasteiger charge is -2.26. The summed E-state index contributed by atoms with van der Waals surface area (Å²) in [5.41, 5.74) is 3.68. The average Bonchev–Trinajstić information content (AvgIpc) is 3.25. The molecule has 0 aliphatic carbocycles. The number of benzene rings is 2. The normalized spacial score (nSPS) is 11.3. The third-order valence-electron chi connectivity index (χ3n) is 6.43. The smallest absolute Gasteiger partial charge is 0.387 e. The van der Waals surface area contributed by atoms with Crippen LogP contribution in [0.4, 0.5) is 20.2 Å². The first-order valence-electron chi connectivity index (χ1n) is 12.5. The van der Waals surface area contributed by atoms with Crippen LogP contribution in [0.25, 0.3) is 22.2 Å². The summed E-state index contributed by atoms with van der Waals surface area (Å²) in [7, 11) is 7.61. The minimum atomic E-state index is -3.05. The molecule has 0 radical (unpaired) electrons. The zero-order valence-electron chi connectivity index (χ0n) is 22.8. The van der Waals surface area contributed by atoms with Crippen molar-refractivity contribution in [1.82, 2.24) is 19.4 Å². The summed E-state index contributed by atoms with van der Waals surface area (Å²) in [4.78, 5) is 25.2. The molecule has 2 aromatic carbocycles. The zero-order valence-corrected chi connectivity index (χ0v) is 23.5. The van der Waals surface area contributed by atoms with Gasteiger partial charge in [-0.05, 0) is 32.3 Å². The highest BCUT2D eigenvalue weighted by atomic mass is 35.5. The maximum absolute atomic E-state index is 13.5. The van der Waals surface area contributed by atoms with Crippen molar-refractivity contribution < 1.29 is 18.3 Å². The number of ether oxygens (including phenoxy) is 1. The van der Waals surface area contributed by atoms with Crippen LogP contribution in [0.2, 0.25) is 5.02 Å². The molecule has 0 aliphatic rings. The van der Waals surface area contributed by atoms with E-state index in [9.17, 15) is 13.6 Å². The Morgan fingerprint density at radius 2 is 1.98 bits per heavy atom. The molecule has 4 aromatic rings. The van der Waals surface area contributed by atoms with Crippen LogP contribution in [0.5, 0.6) is 5.75 Å². The van der Waals surface area contributed by atoms with Gasteiger partial charge in [0, 0.05) is 74.1 Å². The van der Waals surface area contributed by atoms with Gasteiger partial charge in [0.05, 0.1) is 22.1 Å². The van der Waals surface area contributed by atoms with E-state index in [1.165, 1.54) is 12.3 Å². The number of aryl methyl sites for hydroxylation is 1. The summed E-state index contributed by atoms with van der Waals surface area (Å²) in [5.74, 6) is -0.124. The third-order valence-corrected chi connectivity index (χ3v) is 6.70. The van der Waals surface area contributed by atoms with Gasteiger partial charge in [-0.3, -0.25) is 4.79 Å². The number of rotatable bonds is 11. The van der Waals surface area contributed by atoms with Gasteiger partial charge in [0.1, 0.15) is 11.6 Å². The second-order valence-corrected chi connectivity index (χ2v) is 10.0. The fourth-order valence-corrected chi connectivity index (χ4v) is 4.60. The van der Waals surface area contributed by atoms with Gasteiger partial charge in [0.25, 0.3) is 0 Å². The van der Waals surface area contributed by atoms with Crippen molar-refractivity contribution in [3.63, 3.8) is 0 Å². The zero-order chi connectivity index (χ0) is 29.0. The van der Waals surface area contributed by atoms with Crippen molar-refractivity contribution in [2.24, 2.45) is 7.05 Å². The lowest BCUT2D eigenvalue weighted by Crippen LogP contribution is -2.29. The Balaban J connectivity index is 1.78. The van der Waals surface area contributed by atoms with Gasteiger partial charge in [-0.1, -0.05) is 36.4 Å². The number of hydrogen-bond donors (Lipinski definition) is 1. The van der Waals surface area contributed by atoms with Crippen LogP contribution < -0.4 is 15.0 Å². The number of carbonyl (C=O) groups excluding carboxylic acids is 1. The van der Waals surface area contributed by atoms with Gasteiger partial charge in [0.15, 0.2) is 0 Å². The van der Waals surface area contributed by atoms with E-state index in [0.29, 0.717) is 46.6 Å². The fourth-order valence-electron chi connectivity index (χ4n) is 4.41. The van der Waals surface area contributed by atoms with Gasteiger partial charge in [-0.2, -0.15) is 8.78 Å². The maximum atomic E-state index is 13.5. The number of halogens is 3. The van der Waals surface area contributed by atoms with E-state index in [2.05, 4.69) is 16.9 Å². The molecule has 0 aliphatic heterocycles. The van der Waals surface area contributed by atoms with Gasteiger partial charge in [-0.25, -0.2) is 9.97 Å². The van der Waals surface area contributed by atoms with Gasteiger partial charge in [-0.15, -0.1) is 0 Å². The number of fused-ring (bicyclic) bond motifs is 1. The molecular weight excluding hydrogens is 538 g/mol. The molecule has 11 heteroatoms. The Morgan fingerprint density at radius 1 is 1.23 bits per heavy atom. The predicted molar refractivity (Wildman–Crippen MR) is 155 cm³/mol. The molecule has 1 N–H and O–H groups in total. The number of hydrogen-bond acceptors (Lipinski definition) is 6. The Labute approximate surface area is 236 Å². The molecule has 2 aromatic heterocycles. The summed E-state index contributed by atoms with van der Waals surface area (Å²) in [6.07, 6.45) is 4.63. The number of carbonyl (C=O) groups is 1. The quantitative estimate of drug-likeness (QED) is 0.237. The molecule has 0 bridgehead atoms. The summed E-state index contributed by atoms with van der Waals surface area (Å²) in [5, 5.41) is 4.12. The second-order valence-electron chi connectivity index (χ2n) is 9.60. The van der Waals surface area contributed by atoms with Crippen molar-refractivity contribution in [1.29, 1.82) is 0 Å². The van der Waals surface area contributed by atoms with Crippen molar-refractivity contribution in [3.05, 3.63) is 77.9 Å².